The van der Waals surface area contributed by atoms with Crippen molar-refractivity contribution in [2.75, 3.05) is 5.32 Å². The highest BCUT2D eigenvalue weighted by Gasteiger charge is 2.39. The van der Waals surface area contributed by atoms with Gasteiger partial charge in [0, 0.05) is 17.5 Å². The molecule has 1 unspecified atom stereocenters. The van der Waals surface area contributed by atoms with E-state index < -0.39 is 17.7 Å². The van der Waals surface area contributed by atoms with Gasteiger partial charge in [-0.25, -0.2) is 0 Å². The summed E-state index contributed by atoms with van der Waals surface area (Å²) in [4.78, 5) is 11.3. The molecule has 0 saturated heterocycles. The van der Waals surface area contributed by atoms with E-state index in [9.17, 15) is 23.1 Å². The molecule has 0 saturated carbocycles. The van der Waals surface area contributed by atoms with Crippen molar-refractivity contribution < 1.29 is 27.8 Å². The van der Waals surface area contributed by atoms with Crippen LogP contribution in [0.4, 0.5) is 18.9 Å². The summed E-state index contributed by atoms with van der Waals surface area (Å²) in [5.74, 6) is 4.78. The number of phenols is 1. The van der Waals surface area contributed by atoms with Crippen molar-refractivity contribution in [3.8, 4) is 23.3 Å². The average Bonchev–Trinajstić information content (AvgIpc) is 2.69. The first-order valence-electron chi connectivity index (χ1n) is 9.44. The Bertz CT molecular complexity index is 1080. The number of nitrogens with one attached hydrogen (secondary N) is 1. The number of benzene rings is 2. The van der Waals surface area contributed by atoms with Gasteiger partial charge in [-0.05, 0) is 62.9 Å². The lowest BCUT2D eigenvalue weighted by molar-refractivity contribution is -0.167. The van der Waals surface area contributed by atoms with Crippen LogP contribution in [0, 0.1) is 32.6 Å². The average molecular weight is 417 g/mol. The predicted octanol–water partition coefficient (Wildman–Crippen LogP) is 4.95. The first-order chi connectivity index (χ1) is 13.9. The SMILES string of the molecule is Cc1c(C)c2c(c(C)c1O)CCC(C)(C#Cc1ccccc1NC(=O)C(F)(F)F)O2. The molecule has 0 spiro atoms. The van der Waals surface area contributed by atoms with Gasteiger partial charge >= 0.3 is 12.1 Å². The number of ether oxygens (including phenoxy) is 1. The first kappa shape index (κ1) is 21.6. The summed E-state index contributed by atoms with van der Waals surface area (Å²) < 4.78 is 44.0. The molecule has 30 heavy (non-hydrogen) atoms. The Balaban J connectivity index is 1.93. The quantitative estimate of drug-likeness (QED) is 0.646. The van der Waals surface area contributed by atoms with Crippen LogP contribution in [0.15, 0.2) is 24.3 Å². The zero-order valence-electron chi connectivity index (χ0n) is 17.1. The Morgan fingerprint density at radius 1 is 1.17 bits per heavy atom. The van der Waals surface area contributed by atoms with Gasteiger partial charge in [-0.3, -0.25) is 4.79 Å². The summed E-state index contributed by atoms with van der Waals surface area (Å²) in [7, 11) is 0. The summed E-state index contributed by atoms with van der Waals surface area (Å²) in [5, 5.41) is 12.1. The van der Waals surface area contributed by atoms with Crippen LogP contribution >= 0.6 is 0 Å². The third-order valence-electron chi connectivity index (χ3n) is 5.41. The Hall–Kier alpha value is -3.14. The molecule has 1 aliphatic rings. The molecule has 1 aliphatic heterocycles. The second-order valence-corrected chi connectivity index (χ2v) is 7.61. The summed E-state index contributed by atoms with van der Waals surface area (Å²) in [6, 6.07) is 6.06. The van der Waals surface area contributed by atoms with E-state index in [1.807, 2.05) is 33.0 Å². The van der Waals surface area contributed by atoms with E-state index in [1.165, 1.54) is 18.2 Å². The van der Waals surface area contributed by atoms with Crippen molar-refractivity contribution in [2.45, 2.75) is 52.3 Å². The number of rotatable bonds is 1. The van der Waals surface area contributed by atoms with E-state index in [-0.39, 0.29) is 17.0 Å². The zero-order valence-corrected chi connectivity index (χ0v) is 17.1. The minimum Gasteiger partial charge on any atom is -0.507 e. The summed E-state index contributed by atoms with van der Waals surface area (Å²) in [6.45, 7) is 7.35. The van der Waals surface area contributed by atoms with Gasteiger partial charge in [-0.15, -0.1) is 0 Å². The molecular formula is C23H22F3NO3. The maximum Gasteiger partial charge on any atom is 0.471 e. The molecule has 2 N–H and O–H groups in total. The van der Waals surface area contributed by atoms with Crippen LogP contribution in [0.2, 0.25) is 0 Å². The molecule has 0 radical (unpaired) electrons. The van der Waals surface area contributed by atoms with E-state index in [0.29, 0.717) is 18.6 Å². The second-order valence-electron chi connectivity index (χ2n) is 7.61. The molecule has 0 bridgehead atoms. The largest absolute Gasteiger partial charge is 0.507 e. The van der Waals surface area contributed by atoms with Crippen LogP contribution in [0.3, 0.4) is 0 Å². The third kappa shape index (κ3) is 4.09. The summed E-state index contributed by atoms with van der Waals surface area (Å²) >= 11 is 0. The van der Waals surface area contributed by atoms with Crippen LogP contribution in [0.1, 0.15) is 41.2 Å². The van der Waals surface area contributed by atoms with Crippen molar-refractivity contribution in [1.82, 2.24) is 0 Å². The van der Waals surface area contributed by atoms with Crippen LogP contribution < -0.4 is 10.1 Å². The fraction of sp³-hybridized carbons (Fsp3) is 0.348. The van der Waals surface area contributed by atoms with Gasteiger partial charge in [-0.2, -0.15) is 13.2 Å². The number of para-hydroxylation sites is 1. The van der Waals surface area contributed by atoms with E-state index in [1.54, 1.807) is 6.07 Å². The second kappa shape index (κ2) is 7.60. The van der Waals surface area contributed by atoms with Crippen LogP contribution in [-0.4, -0.2) is 22.8 Å². The normalized spacial score (nSPS) is 18.0. The number of carbonyl (C=O) groups excluding carboxylic acids is 1. The lowest BCUT2D eigenvalue weighted by Crippen LogP contribution is -2.35. The van der Waals surface area contributed by atoms with Gasteiger partial charge in [0.15, 0.2) is 5.60 Å². The fourth-order valence-corrected chi connectivity index (χ4v) is 3.43. The van der Waals surface area contributed by atoms with Crippen molar-refractivity contribution in [3.05, 3.63) is 52.1 Å². The van der Waals surface area contributed by atoms with Crippen LogP contribution in [0.25, 0.3) is 0 Å². The van der Waals surface area contributed by atoms with Gasteiger partial charge in [0.2, 0.25) is 0 Å². The van der Waals surface area contributed by atoms with Crippen LogP contribution in [0.5, 0.6) is 11.5 Å². The third-order valence-corrected chi connectivity index (χ3v) is 5.41. The number of alkyl halides is 3. The van der Waals surface area contributed by atoms with Crippen molar-refractivity contribution >= 4 is 11.6 Å². The highest BCUT2D eigenvalue weighted by atomic mass is 19.4. The molecule has 2 aromatic carbocycles. The number of carbonyl (C=O) groups is 1. The molecule has 3 rings (SSSR count). The molecule has 1 heterocycles. The van der Waals surface area contributed by atoms with E-state index in [2.05, 4.69) is 11.8 Å². The Labute approximate surface area is 173 Å². The van der Waals surface area contributed by atoms with Gasteiger partial charge in [-0.1, -0.05) is 24.0 Å². The first-order valence-corrected chi connectivity index (χ1v) is 9.44. The van der Waals surface area contributed by atoms with Gasteiger partial charge in [0.25, 0.3) is 0 Å². The van der Waals surface area contributed by atoms with E-state index >= 15 is 0 Å². The number of amides is 1. The lowest BCUT2D eigenvalue weighted by atomic mass is 9.87. The smallest absolute Gasteiger partial charge is 0.471 e. The lowest BCUT2D eigenvalue weighted by Gasteiger charge is -2.34. The Morgan fingerprint density at radius 2 is 1.83 bits per heavy atom. The Kier molecular flexibility index (Phi) is 5.46. The molecule has 158 valence electrons. The predicted molar refractivity (Wildman–Crippen MR) is 108 cm³/mol. The highest BCUT2D eigenvalue weighted by molar-refractivity contribution is 5.96. The minimum absolute atomic E-state index is 0.0140. The maximum absolute atomic E-state index is 12.6. The van der Waals surface area contributed by atoms with Crippen molar-refractivity contribution in [1.29, 1.82) is 0 Å². The number of hydrogen-bond acceptors (Lipinski definition) is 3. The molecule has 0 aromatic heterocycles. The number of halogens is 3. The molecule has 0 aliphatic carbocycles. The molecule has 1 amide bonds. The number of anilines is 1. The number of hydrogen-bond donors (Lipinski definition) is 2. The molecule has 4 nitrogen and oxygen atoms in total. The molecule has 1 atom stereocenters. The summed E-state index contributed by atoms with van der Waals surface area (Å²) in [6.07, 6.45) is -3.79. The maximum atomic E-state index is 12.6. The van der Waals surface area contributed by atoms with Crippen LogP contribution in [-0.2, 0) is 11.2 Å². The topological polar surface area (TPSA) is 58.6 Å². The minimum atomic E-state index is -4.98. The van der Waals surface area contributed by atoms with Gasteiger partial charge in [0.1, 0.15) is 11.5 Å². The van der Waals surface area contributed by atoms with E-state index in [4.69, 9.17) is 4.74 Å². The molecule has 2 aromatic rings. The number of fused-ring (bicyclic) bond motifs is 1. The van der Waals surface area contributed by atoms with Crippen molar-refractivity contribution in [2.24, 2.45) is 0 Å². The number of phenolic OH excluding ortho intramolecular Hbond substituents is 1. The highest BCUT2D eigenvalue weighted by Crippen LogP contribution is 2.43. The summed E-state index contributed by atoms with van der Waals surface area (Å²) in [5.41, 5.74) is 2.67. The molecular weight excluding hydrogens is 395 g/mol. The number of aromatic hydroxyl groups is 1. The zero-order chi connectivity index (χ0) is 22.3. The van der Waals surface area contributed by atoms with Crippen molar-refractivity contribution in [3.63, 3.8) is 0 Å². The standard InChI is InChI=1S/C23H22F3NO3/c1-13-14(2)20-17(15(3)19(13)28)10-12-22(4,30-20)11-9-16-7-5-6-8-18(16)27-21(29)23(24,25)26/h5-8,28H,10,12H2,1-4H3,(H,27,29). The van der Waals surface area contributed by atoms with E-state index in [0.717, 1.165) is 22.3 Å². The Morgan fingerprint density at radius 3 is 2.50 bits per heavy atom. The monoisotopic (exact) mass is 417 g/mol. The molecule has 7 heteroatoms. The molecule has 0 fully saturated rings. The fourth-order valence-electron chi connectivity index (χ4n) is 3.43. The van der Waals surface area contributed by atoms with Gasteiger partial charge < -0.3 is 15.2 Å². The van der Waals surface area contributed by atoms with Gasteiger partial charge in [0.05, 0.1) is 5.69 Å².